The van der Waals surface area contributed by atoms with E-state index >= 15 is 0 Å². The minimum Gasteiger partial charge on any atom is -0.438 e. The predicted molar refractivity (Wildman–Crippen MR) is 149 cm³/mol. The number of methoxy groups -OCH3 is 1. The number of carbonyl (C=O) groups excluding carboxylic acids is 1. The number of benzene rings is 2. The van der Waals surface area contributed by atoms with E-state index in [-0.39, 0.29) is 5.91 Å². The van der Waals surface area contributed by atoms with Crippen LogP contribution in [0.1, 0.15) is 0 Å². The Balaban J connectivity index is 1.28. The number of piperazine rings is 1. The molecule has 0 atom stereocenters. The molecule has 10 heteroatoms. The van der Waals surface area contributed by atoms with Crippen molar-refractivity contribution in [3.63, 3.8) is 0 Å². The second kappa shape index (κ2) is 11.8. The first-order valence-corrected chi connectivity index (χ1v) is 12.5. The maximum absolute atomic E-state index is 11.7. The molecule has 0 unspecified atom stereocenters. The van der Waals surface area contributed by atoms with Crippen LogP contribution in [0.4, 0.5) is 23.0 Å². The standard InChI is InChI=1S/C28H31N7O3/c1-3-25(36)30-21-5-4-6-23(19-21)38-27-24-11-12-29-26(24)32-28(33-27)31-20-7-9-22(10-8-20)35-15-13-34(14-16-35)17-18-37-2/h3-12,19H,1,13-18H2,2H3,(H,30,36)(H2,29,31,32,33). The topological polar surface area (TPSA) is 108 Å². The number of amides is 1. The molecule has 38 heavy (non-hydrogen) atoms. The van der Waals surface area contributed by atoms with E-state index in [1.165, 1.54) is 11.8 Å². The van der Waals surface area contributed by atoms with Crippen molar-refractivity contribution < 1.29 is 14.3 Å². The number of fused-ring (bicyclic) bond motifs is 1. The Morgan fingerprint density at radius 2 is 1.89 bits per heavy atom. The fourth-order valence-corrected chi connectivity index (χ4v) is 4.32. The van der Waals surface area contributed by atoms with Crippen molar-refractivity contribution in [2.45, 2.75) is 0 Å². The Hall–Kier alpha value is -4.41. The highest BCUT2D eigenvalue weighted by Crippen LogP contribution is 2.30. The third kappa shape index (κ3) is 6.10. The summed E-state index contributed by atoms with van der Waals surface area (Å²) in [5.41, 5.74) is 3.31. The number of hydrogen-bond acceptors (Lipinski definition) is 8. The van der Waals surface area contributed by atoms with Crippen LogP contribution in [0.3, 0.4) is 0 Å². The van der Waals surface area contributed by atoms with Crippen LogP contribution in [0.5, 0.6) is 11.6 Å². The molecule has 2 aromatic carbocycles. The Bertz CT molecular complexity index is 1400. The number of nitrogens with zero attached hydrogens (tertiary/aromatic N) is 4. The number of hydrogen-bond donors (Lipinski definition) is 3. The van der Waals surface area contributed by atoms with Crippen LogP contribution in [0.15, 0.2) is 73.4 Å². The molecule has 1 fully saturated rings. The van der Waals surface area contributed by atoms with E-state index < -0.39 is 0 Å². The van der Waals surface area contributed by atoms with E-state index in [0.717, 1.165) is 50.4 Å². The lowest BCUT2D eigenvalue weighted by atomic mass is 10.2. The summed E-state index contributed by atoms with van der Waals surface area (Å²) in [5, 5.41) is 6.77. The molecule has 1 amide bonds. The maximum atomic E-state index is 11.7. The van der Waals surface area contributed by atoms with E-state index in [4.69, 9.17) is 9.47 Å². The molecular weight excluding hydrogens is 482 g/mol. The number of aromatic amines is 1. The number of anilines is 4. The van der Waals surface area contributed by atoms with Gasteiger partial charge < -0.3 is 30.0 Å². The van der Waals surface area contributed by atoms with Crippen molar-refractivity contribution in [1.82, 2.24) is 19.9 Å². The average Bonchev–Trinajstić information content (AvgIpc) is 3.42. The molecule has 10 nitrogen and oxygen atoms in total. The lowest BCUT2D eigenvalue weighted by Gasteiger charge is -2.36. The van der Waals surface area contributed by atoms with Crippen LogP contribution in [0.2, 0.25) is 0 Å². The summed E-state index contributed by atoms with van der Waals surface area (Å²) < 4.78 is 11.3. The lowest BCUT2D eigenvalue weighted by Crippen LogP contribution is -2.47. The molecule has 0 radical (unpaired) electrons. The zero-order valence-electron chi connectivity index (χ0n) is 21.3. The van der Waals surface area contributed by atoms with Gasteiger partial charge in [0.15, 0.2) is 0 Å². The second-order valence-corrected chi connectivity index (χ2v) is 8.91. The summed E-state index contributed by atoms with van der Waals surface area (Å²) in [6.45, 7) is 9.25. The van der Waals surface area contributed by atoms with Crippen molar-refractivity contribution in [1.29, 1.82) is 0 Å². The summed E-state index contributed by atoms with van der Waals surface area (Å²) in [4.78, 5) is 28.8. The minimum atomic E-state index is -0.293. The number of nitrogens with one attached hydrogen (secondary N) is 3. The van der Waals surface area contributed by atoms with Crippen molar-refractivity contribution >= 4 is 40.0 Å². The Labute approximate surface area is 221 Å². The van der Waals surface area contributed by atoms with Gasteiger partial charge in [-0.1, -0.05) is 12.6 Å². The molecule has 3 heterocycles. The Morgan fingerprint density at radius 1 is 1.08 bits per heavy atom. The van der Waals surface area contributed by atoms with Gasteiger partial charge in [0.2, 0.25) is 17.7 Å². The van der Waals surface area contributed by atoms with Crippen LogP contribution in [-0.2, 0) is 9.53 Å². The number of carbonyl (C=O) groups is 1. The van der Waals surface area contributed by atoms with Gasteiger partial charge in [-0.15, -0.1) is 0 Å². The molecule has 0 bridgehead atoms. The summed E-state index contributed by atoms with van der Waals surface area (Å²) in [6.07, 6.45) is 3.01. The van der Waals surface area contributed by atoms with Crippen molar-refractivity contribution in [3.8, 4) is 11.6 Å². The molecule has 3 N–H and O–H groups in total. The van der Waals surface area contributed by atoms with E-state index in [1.807, 2.05) is 18.2 Å². The van der Waals surface area contributed by atoms with Gasteiger partial charge >= 0.3 is 0 Å². The van der Waals surface area contributed by atoms with Crippen molar-refractivity contribution in [3.05, 3.63) is 73.4 Å². The quantitative estimate of drug-likeness (QED) is 0.268. The van der Waals surface area contributed by atoms with Gasteiger partial charge in [-0.25, -0.2) is 0 Å². The molecule has 0 spiro atoms. The first kappa shape index (κ1) is 25.2. The highest BCUT2D eigenvalue weighted by molar-refractivity contribution is 5.99. The van der Waals surface area contributed by atoms with E-state index in [2.05, 4.69) is 54.1 Å². The second-order valence-electron chi connectivity index (χ2n) is 8.91. The van der Waals surface area contributed by atoms with Gasteiger partial charge in [0, 0.05) is 69.2 Å². The smallest absolute Gasteiger partial charge is 0.247 e. The van der Waals surface area contributed by atoms with E-state index in [0.29, 0.717) is 28.9 Å². The van der Waals surface area contributed by atoms with Crippen molar-refractivity contribution in [2.75, 3.05) is 62.0 Å². The first-order chi connectivity index (χ1) is 18.6. The summed E-state index contributed by atoms with van der Waals surface area (Å²) in [7, 11) is 1.74. The zero-order chi connectivity index (χ0) is 26.3. The highest BCUT2D eigenvalue weighted by Gasteiger charge is 2.17. The molecule has 0 saturated carbocycles. The molecular formula is C28H31N7O3. The minimum absolute atomic E-state index is 0.293. The molecule has 1 aliphatic heterocycles. The molecule has 5 rings (SSSR count). The normalized spacial score (nSPS) is 13.9. The molecule has 196 valence electrons. The number of aromatic nitrogens is 3. The van der Waals surface area contributed by atoms with Gasteiger partial charge in [0.1, 0.15) is 11.4 Å². The van der Waals surface area contributed by atoms with Crippen LogP contribution in [-0.4, -0.2) is 72.2 Å². The molecule has 0 aliphatic carbocycles. The Kier molecular flexibility index (Phi) is 7.81. The third-order valence-corrected chi connectivity index (χ3v) is 6.35. The van der Waals surface area contributed by atoms with Crippen LogP contribution in [0, 0.1) is 0 Å². The van der Waals surface area contributed by atoms with Crippen LogP contribution >= 0.6 is 0 Å². The van der Waals surface area contributed by atoms with E-state index in [1.54, 1.807) is 37.6 Å². The number of rotatable bonds is 10. The zero-order valence-corrected chi connectivity index (χ0v) is 21.3. The maximum Gasteiger partial charge on any atom is 0.247 e. The largest absolute Gasteiger partial charge is 0.438 e. The van der Waals surface area contributed by atoms with Gasteiger partial charge in [-0.05, 0) is 48.5 Å². The number of H-pyrrole nitrogens is 1. The van der Waals surface area contributed by atoms with Crippen molar-refractivity contribution in [2.24, 2.45) is 0 Å². The van der Waals surface area contributed by atoms with Gasteiger partial charge in [-0.2, -0.15) is 9.97 Å². The number of ether oxygens (including phenoxy) is 2. The lowest BCUT2D eigenvalue weighted by molar-refractivity contribution is -0.111. The van der Waals surface area contributed by atoms with Gasteiger partial charge in [-0.3, -0.25) is 9.69 Å². The van der Waals surface area contributed by atoms with Crippen LogP contribution in [0.25, 0.3) is 11.0 Å². The first-order valence-electron chi connectivity index (χ1n) is 12.5. The van der Waals surface area contributed by atoms with Gasteiger partial charge in [0.25, 0.3) is 0 Å². The average molecular weight is 514 g/mol. The third-order valence-electron chi connectivity index (χ3n) is 6.35. The molecule has 1 aliphatic rings. The van der Waals surface area contributed by atoms with E-state index in [9.17, 15) is 4.79 Å². The summed E-state index contributed by atoms with van der Waals surface area (Å²) in [6, 6.07) is 17.2. The molecule has 4 aromatic rings. The molecule has 1 saturated heterocycles. The highest BCUT2D eigenvalue weighted by atomic mass is 16.5. The van der Waals surface area contributed by atoms with Gasteiger partial charge in [0.05, 0.1) is 12.0 Å². The fourth-order valence-electron chi connectivity index (χ4n) is 4.32. The monoisotopic (exact) mass is 513 g/mol. The SMILES string of the molecule is C=CC(=O)Nc1cccc(Oc2nc(Nc3ccc(N4CCN(CCOC)CC4)cc3)nc3[nH]ccc23)c1. The Morgan fingerprint density at radius 3 is 2.66 bits per heavy atom. The molecule has 2 aromatic heterocycles. The van der Waals surface area contributed by atoms with Crippen LogP contribution < -0.4 is 20.3 Å². The summed E-state index contributed by atoms with van der Waals surface area (Å²) in [5.74, 6) is 1.05. The predicted octanol–water partition coefficient (Wildman–Crippen LogP) is 4.39. The fraction of sp³-hybridized carbons (Fsp3) is 0.250. The summed E-state index contributed by atoms with van der Waals surface area (Å²) >= 11 is 0.